The van der Waals surface area contributed by atoms with Crippen LogP contribution in [0.15, 0.2) is 14.9 Å². The Labute approximate surface area is 149 Å². The second kappa shape index (κ2) is 7.98. The minimum absolute atomic E-state index is 0.00458. The molecule has 2 aromatic heterocycles. The molecule has 24 heavy (non-hydrogen) atoms. The number of urea groups is 1. The number of aryl methyl sites for hydroxylation is 2. The predicted octanol–water partition coefficient (Wildman–Crippen LogP) is 3.17. The summed E-state index contributed by atoms with van der Waals surface area (Å²) in [5.74, 6) is 1.70. The van der Waals surface area contributed by atoms with E-state index in [1.165, 1.54) is 0 Å². The van der Waals surface area contributed by atoms with Gasteiger partial charge in [0.05, 0.1) is 11.7 Å². The van der Waals surface area contributed by atoms with E-state index < -0.39 is 0 Å². The Kier molecular flexibility index (Phi) is 5.72. The van der Waals surface area contributed by atoms with Gasteiger partial charge in [0.15, 0.2) is 10.1 Å². The molecule has 1 N–H and O–H groups in total. The van der Waals surface area contributed by atoms with Gasteiger partial charge in [-0.15, -0.1) is 10.2 Å². The third kappa shape index (κ3) is 4.27. The van der Waals surface area contributed by atoms with E-state index in [1.807, 2.05) is 24.8 Å². The molecule has 130 valence electrons. The molecule has 0 unspecified atom stereocenters. The summed E-state index contributed by atoms with van der Waals surface area (Å²) in [5, 5.41) is 16.0. The smallest absolute Gasteiger partial charge is 0.318 e. The van der Waals surface area contributed by atoms with Gasteiger partial charge in [-0.05, 0) is 33.1 Å². The highest BCUT2D eigenvalue weighted by atomic mass is 32.2. The van der Waals surface area contributed by atoms with Crippen molar-refractivity contribution in [2.75, 3.05) is 18.8 Å². The zero-order chi connectivity index (χ0) is 16.9. The molecule has 0 bridgehead atoms. The standard InChI is InChI=1S/C15H21N5O2S2/c1-10-9-13(22-19-10)12-5-3-7-20(12)14(21)16-6-4-8-23-15-18-17-11(2)24-15/h9,12H,3-8H2,1-2H3,(H,16,21)/t12-/m0/s1. The van der Waals surface area contributed by atoms with E-state index in [9.17, 15) is 4.79 Å². The predicted molar refractivity (Wildman–Crippen MR) is 93.3 cm³/mol. The molecule has 1 fully saturated rings. The molecule has 2 amide bonds. The van der Waals surface area contributed by atoms with Crippen LogP contribution in [0.5, 0.6) is 0 Å². The van der Waals surface area contributed by atoms with Crippen LogP contribution < -0.4 is 5.32 Å². The molecule has 3 rings (SSSR count). The number of nitrogens with zero attached hydrogens (tertiary/aromatic N) is 4. The Bertz CT molecular complexity index is 687. The molecule has 0 radical (unpaired) electrons. The van der Waals surface area contributed by atoms with Crippen LogP contribution in [0.3, 0.4) is 0 Å². The van der Waals surface area contributed by atoms with E-state index in [1.54, 1.807) is 23.1 Å². The number of rotatable bonds is 6. The monoisotopic (exact) mass is 367 g/mol. The molecule has 1 saturated heterocycles. The average Bonchev–Trinajstić information content (AvgIpc) is 3.27. The van der Waals surface area contributed by atoms with Gasteiger partial charge in [-0.25, -0.2) is 4.79 Å². The van der Waals surface area contributed by atoms with Crippen LogP contribution >= 0.6 is 23.1 Å². The first-order chi connectivity index (χ1) is 11.6. The number of nitrogens with one attached hydrogen (secondary N) is 1. The first-order valence-electron chi connectivity index (χ1n) is 8.04. The quantitative estimate of drug-likeness (QED) is 0.623. The van der Waals surface area contributed by atoms with Gasteiger partial charge in [-0.2, -0.15) is 0 Å². The van der Waals surface area contributed by atoms with Crippen molar-refractivity contribution in [3.8, 4) is 0 Å². The summed E-state index contributed by atoms with van der Waals surface area (Å²) in [6.07, 6.45) is 2.81. The van der Waals surface area contributed by atoms with Crippen molar-refractivity contribution in [2.24, 2.45) is 0 Å². The number of carbonyl (C=O) groups excluding carboxylic acids is 1. The maximum Gasteiger partial charge on any atom is 0.318 e. The van der Waals surface area contributed by atoms with Gasteiger partial charge >= 0.3 is 6.03 Å². The Morgan fingerprint density at radius 1 is 1.50 bits per heavy atom. The lowest BCUT2D eigenvalue weighted by molar-refractivity contribution is 0.182. The maximum atomic E-state index is 12.4. The van der Waals surface area contributed by atoms with E-state index in [2.05, 4.69) is 20.7 Å². The Hall–Kier alpha value is -1.61. The minimum atomic E-state index is -0.0247. The molecule has 7 nitrogen and oxygen atoms in total. The number of carbonyl (C=O) groups is 1. The lowest BCUT2D eigenvalue weighted by Crippen LogP contribution is -2.39. The number of hydrogen-bond acceptors (Lipinski definition) is 7. The van der Waals surface area contributed by atoms with Crippen LogP contribution in [0.4, 0.5) is 4.79 Å². The SMILES string of the molecule is Cc1cc([C@@H]2CCCN2C(=O)NCCCSc2nnc(C)s2)on1. The largest absolute Gasteiger partial charge is 0.359 e. The van der Waals surface area contributed by atoms with Crippen molar-refractivity contribution in [1.82, 2.24) is 25.6 Å². The summed E-state index contributed by atoms with van der Waals surface area (Å²) in [6.45, 7) is 5.26. The number of likely N-dealkylation sites (tertiary alicyclic amines) is 1. The average molecular weight is 368 g/mol. The zero-order valence-electron chi connectivity index (χ0n) is 13.8. The highest BCUT2D eigenvalue weighted by Gasteiger charge is 2.32. The van der Waals surface area contributed by atoms with Crippen LogP contribution in [0.25, 0.3) is 0 Å². The summed E-state index contributed by atoms with van der Waals surface area (Å²) in [5.41, 5.74) is 0.848. The van der Waals surface area contributed by atoms with Gasteiger partial charge in [0.1, 0.15) is 5.01 Å². The van der Waals surface area contributed by atoms with Crippen molar-refractivity contribution < 1.29 is 9.32 Å². The normalized spacial score (nSPS) is 17.4. The maximum absolute atomic E-state index is 12.4. The second-order valence-electron chi connectivity index (χ2n) is 5.74. The van der Waals surface area contributed by atoms with Crippen LogP contribution in [0.2, 0.25) is 0 Å². The van der Waals surface area contributed by atoms with Crippen LogP contribution in [-0.4, -0.2) is 45.1 Å². The first kappa shape index (κ1) is 17.2. The van der Waals surface area contributed by atoms with E-state index >= 15 is 0 Å². The molecule has 1 atom stereocenters. The van der Waals surface area contributed by atoms with Crippen molar-refractivity contribution in [1.29, 1.82) is 0 Å². The molecule has 1 aliphatic rings. The lowest BCUT2D eigenvalue weighted by atomic mass is 10.1. The van der Waals surface area contributed by atoms with Gasteiger partial charge in [-0.3, -0.25) is 0 Å². The Morgan fingerprint density at radius 2 is 2.38 bits per heavy atom. The third-order valence-corrected chi connectivity index (χ3v) is 5.88. The number of amides is 2. The van der Waals surface area contributed by atoms with Crippen molar-refractivity contribution in [2.45, 2.75) is 43.5 Å². The lowest BCUT2D eigenvalue weighted by Gasteiger charge is -2.23. The summed E-state index contributed by atoms with van der Waals surface area (Å²) in [6, 6.07) is 1.89. The van der Waals surface area contributed by atoms with Gasteiger partial charge < -0.3 is 14.7 Å². The molecule has 1 aliphatic heterocycles. The van der Waals surface area contributed by atoms with Crippen LogP contribution in [0.1, 0.15) is 41.8 Å². The van der Waals surface area contributed by atoms with Crippen molar-refractivity contribution >= 4 is 29.1 Å². The molecule has 3 heterocycles. The molecular weight excluding hydrogens is 346 g/mol. The van der Waals surface area contributed by atoms with E-state index in [-0.39, 0.29) is 12.1 Å². The zero-order valence-corrected chi connectivity index (χ0v) is 15.5. The van der Waals surface area contributed by atoms with Gasteiger partial charge in [-0.1, -0.05) is 28.3 Å². The van der Waals surface area contributed by atoms with E-state index in [0.29, 0.717) is 6.54 Å². The van der Waals surface area contributed by atoms with Gasteiger partial charge in [0.2, 0.25) is 0 Å². The fourth-order valence-corrected chi connectivity index (χ4v) is 4.54. The van der Waals surface area contributed by atoms with Gasteiger partial charge in [0, 0.05) is 24.9 Å². The fourth-order valence-electron chi connectivity index (χ4n) is 2.71. The number of hydrogen-bond donors (Lipinski definition) is 1. The Morgan fingerprint density at radius 3 is 3.08 bits per heavy atom. The minimum Gasteiger partial charge on any atom is -0.359 e. The summed E-state index contributed by atoms with van der Waals surface area (Å²) in [7, 11) is 0. The van der Waals surface area contributed by atoms with Crippen molar-refractivity contribution in [3.63, 3.8) is 0 Å². The number of thioether (sulfide) groups is 1. The molecule has 2 aromatic rings. The first-order valence-corrected chi connectivity index (χ1v) is 9.84. The molecular formula is C15H21N5O2S2. The third-order valence-electron chi connectivity index (χ3n) is 3.82. The van der Waals surface area contributed by atoms with E-state index in [4.69, 9.17) is 4.52 Å². The number of aromatic nitrogens is 3. The van der Waals surface area contributed by atoms with Crippen LogP contribution in [-0.2, 0) is 0 Å². The molecule has 0 aliphatic carbocycles. The molecule has 0 spiro atoms. The highest BCUT2D eigenvalue weighted by molar-refractivity contribution is 8.01. The second-order valence-corrected chi connectivity index (χ2v) is 8.27. The van der Waals surface area contributed by atoms with Gasteiger partial charge in [0.25, 0.3) is 0 Å². The van der Waals surface area contributed by atoms with Crippen LogP contribution in [0, 0.1) is 13.8 Å². The Balaban J connectivity index is 1.41. The topological polar surface area (TPSA) is 84.2 Å². The summed E-state index contributed by atoms with van der Waals surface area (Å²) in [4.78, 5) is 14.2. The summed E-state index contributed by atoms with van der Waals surface area (Å²) < 4.78 is 6.32. The fraction of sp³-hybridized carbons (Fsp3) is 0.600. The van der Waals surface area contributed by atoms with Crippen molar-refractivity contribution in [3.05, 3.63) is 22.5 Å². The summed E-state index contributed by atoms with van der Waals surface area (Å²) >= 11 is 3.28. The molecule has 0 aromatic carbocycles. The molecule has 0 saturated carbocycles. The van der Waals surface area contributed by atoms with E-state index in [0.717, 1.165) is 52.4 Å². The molecule has 9 heteroatoms. The highest BCUT2D eigenvalue weighted by Crippen LogP contribution is 2.32.